The summed E-state index contributed by atoms with van der Waals surface area (Å²) < 4.78 is 5.57. The lowest BCUT2D eigenvalue weighted by atomic mass is 9.83. The second kappa shape index (κ2) is 1.94. The molecule has 3 unspecified atom stereocenters. The molecule has 0 aromatic rings. The largest absolute Gasteiger partial charge is 0.373 e. The van der Waals surface area contributed by atoms with Crippen LogP contribution >= 0.6 is 0 Å². The molecule has 4 N–H and O–H groups in total. The maximum Gasteiger partial charge on any atom is 0.0772 e. The zero-order valence-electron chi connectivity index (χ0n) is 6.05. The summed E-state index contributed by atoms with van der Waals surface area (Å²) in [6.07, 6.45) is 3.93. The topological polar surface area (TPSA) is 61.3 Å². The molecule has 0 saturated carbocycles. The monoisotopic (exact) mass is 142 g/mol. The summed E-state index contributed by atoms with van der Waals surface area (Å²) in [4.78, 5) is 0. The highest BCUT2D eigenvalue weighted by Crippen LogP contribution is 2.39. The highest BCUT2D eigenvalue weighted by molar-refractivity contribution is 5.05. The molecule has 2 rings (SSSR count). The fourth-order valence-electron chi connectivity index (χ4n) is 2.05. The van der Waals surface area contributed by atoms with Gasteiger partial charge in [-0.15, -0.1) is 0 Å². The minimum absolute atomic E-state index is 0.192. The lowest BCUT2D eigenvalue weighted by Gasteiger charge is -2.29. The Bertz CT molecular complexity index is 151. The maximum atomic E-state index is 5.99. The van der Waals surface area contributed by atoms with Crippen LogP contribution in [-0.2, 0) is 4.74 Å². The summed E-state index contributed by atoms with van der Waals surface area (Å²) in [6, 6.07) is 0. The van der Waals surface area contributed by atoms with Gasteiger partial charge < -0.3 is 16.2 Å². The van der Waals surface area contributed by atoms with Crippen molar-refractivity contribution in [2.75, 3.05) is 6.54 Å². The average Bonchev–Trinajstić information content (AvgIpc) is 2.46. The normalized spacial score (nSPS) is 52.2. The van der Waals surface area contributed by atoms with Crippen LogP contribution in [0, 0.1) is 0 Å². The van der Waals surface area contributed by atoms with E-state index in [-0.39, 0.29) is 11.6 Å². The Morgan fingerprint density at radius 1 is 1.50 bits per heavy atom. The predicted octanol–water partition coefficient (Wildman–Crippen LogP) is -0.406. The average molecular weight is 142 g/mol. The van der Waals surface area contributed by atoms with E-state index >= 15 is 0 Å². The molecule has 3 heteroatoms. The van der Waals surface area contributed by atoms with Gasteiger partial charge in [-0.1, -0.05) is 0 Å². The van der Waals surface area contributed by atoms with Gasteiger partial charge in [0, 0.05) is 6.54 Å². The van der Waals surface area contributed by atoms with E-state index in [0.717, 1.165) is 12.8 Å². The molecule has 3 nitrogen and oxygen atoms in total. The van der Waals surface area contributed by atoms with Gasteiger partial charge in [0.1, 0.15) is 0 Å². The van der Waals surface area contributed by atoms with Crippen molar-refractivity contribution in [3.05, 3.63) is 0 Å². The molecule has 0 aromatic carbocycles. The Morgan fingerprint density at radius 3 is 2.60 bits per heavy atom. The molecule has 0 radical (unpaired) electrons. The zero-order chi connectivity index (χ0) is 7.19. The van der Waals surface area contributed by atoms with E-state index in [9.17, 15) is 0 Å². The van der Waals surface area contributed by atoms with Gasteiger partial charge >= 0.3 is 0 Å². The first kappa shape index (κ1) is 6.58. The Morgan fingerprint density at radius 2 is 2.30 bits per heavy atom. The second-order valence-corrected chi connectivity index (χ2v) is 3.47. The van der Waals surface area contributed by atoms with Crippen LogP contribution in [0.5, 0.6) is 0 Å². The summed E-state index contributed by atoms with van der Waals surface area (Å²) in [6.45, 7) is 0.564. The molecule has 0 aromatic heterocycles. The van der Waals surface area contributed by atoms with E-state index in [1.54, 1.807) is 0 Å². The Kier molecular flexibility index (Phi) is 1.27. The second-order valence-electron chi connectivity index (χ2n) is 3.47. The molecule has 3 atom stereocenters. The van der Waals surface area contributed by atoms with Crippen LogP contribution in [0.4, 0.5) is 0 Å². The molecule has 2 fully saturated rings. The van der Waals surface area contributed by atoms with Gasteiger partial charge in [-0.25, -0.2) is 0 Å². The van der Waals surface area contributed by atoms with Crippen LogP contribution in [0.25, 0.3) is 0 Å². The molecule has 0 aliphatic carbocycles. The van der Waals surface area contributed by atoms with Gasteiger partial charge in [-0.05, 0) is 19.3 Å². The standard InChI is InChI=1S/C7H14N2O/c8-4-7(9)3-5-1-2-6(7)10-5/h5-6H,1-4,8-9H2. The molecule has 2 heterocycles. The van der Waals surface area contributed by atoms with Crippen molar-refractivity contribution >= 4 is 0 Å². The van der Waals surface area contributed by atoms with Gasteiger partial charge in [0.15, 0.2) is 0 Å². The van der Waals surface area contributed by atoms with E-state index in [1.165, 1.54) is 6.42 Å². The smallest absolute Gasteiger partial charge is 0.0772 e. The van der Waals surface area contributed by atoms with E-state index in [1.807, 2.05) is 0 Å². The first-order valence-corrected chi connectivity index (χ1v) is 3.89. The number of fused-ring (bicyclic) bond motifs is 2. The van der Waals surface area contributed by atoms with Gasteiger partial charge in [0.2, 0.25) is 0 Å². The van der Waals surface area contributed by atoms with Crippen molar-refractivity contribution in [3.63, 3.8) is 0 Å². The van der Waals surface area contributed by atoms with E-state index < -0.39 is 0 Å². The Labute approximate surface area is 60.7 Å². The lowest BCUT2D eigenvalue weighted by Crippen LogP contribution is -2.54. The quantitative estimate of drug-likeness (QED) is 0.523. The van der Waals surface area contributed by atoms with E-state index in [4.69, 9.17) is 16.2 Å². The number of rotatable bonds is 1. The third kappa shape index (κ3) is 0.713. The molecule has 2 saturated heterocycles. The van der Waals surface area contributed by atoms with Gasteiger partial charge in [0.05, 0.1) is 17.7 Å². The maximum absolute atomic E-state index is 5.99. The number of hydrogen-bond acceptors (Lipinski definition) is 3. The molecule has 0 amide bonds. The molecule has 2 bridgehead atoms. The highest BCUT2D eigenvalue weighted by atomic mass is 16.5. The van der Waals surface area contributed by atoms with E-state index in [0.29, 0.717) is 12.6 Å². The van der Waals surface area contributed by atoms with Crippen molar-refractivity contribution in [1.82, 2.24) is 0 Å². The predicted molar refractivity (Wildman–Crippen MR) is 38.5 cm³/mol. The minimum Gasteiger partial charge on any atom is -0.373 e. The van der Waals surface area contributed by atoms with Crippen molar-refractivity contribution in [3.8, 4) is 0 Å². The van der Waals surface area contributed by atoms with Crippen molar-refractivity contribution < 1.29 is 4.74 Å². The van der Waals surface area contributed by atoms with Gasteiger partial charge in [0.25, 0.3) is 0 Å². The summed E-state index contributed by atoms with van der Waals surface area (Å²) >= 11 is 0. The summed E-state index contributed by atoms with van der Waals surface area (Å²) in [5.41, 5.74) is 11.4. The third-order valence-electron chi connectivity index (χ3n) is 2.74. The molecule has 2 aliphatic heterocycles. The first-order chi connectivity index (χ1) is 4.74. The fraction of sp³-hybridized carbons (Fsp3) is 1.00. The molecule has 0 spiro atoms. The molecular formula is C7H14N2O. The summed E-state index contributed by atoms with van der Waals surface area (Å²) in [5, 5.41) is 0. The van der Waals surface area contributed by atoms with Crippen LogP contribution in [0.2, 0.25) is 0 Å². The Hall–Kier alpha value is -0.120. The van der Waals surface area contributed by atoms with Crippen LogP contribution in [0.3, 0.4) is 0 Å². The fourth-order valence-corrected chi connectivity index (χ4v) is 2.05. The van der Waals surface area contributed by atoms with Crippen LogP contribution < -0.4 is 11.5 Å². The first-order valence-electron chi connectivity index (χ1n) is 3.89. The summed E-state index contributed by atoms with van der Waals surface area (Å²) in [5.74, 6) is 0. The van der Waals surface area contributed by atoms with Gasteiger partial charge in [-0.2, -0.15) is 0 Å². The van der Waals surface area contributed by atoms with Crippen molar-refractivity contribution in [2.24, 2.45) is 11.5 Å². The van der Waals surface area contributed by atoms with E-state index in [2.05, 4.69) is 0 Å². The number of nitrogens with two attached hydrogens (primary N) is 2. The third-order valence-corrected chi connectivity index (χ3v) is 2.74. The lowest BCUT2D eigenvalue weighted by molar-refractivity contribution is 0.0872. The van der Waals surface area contributed by atoms with Crippen LogP contribution in [0.15, 0.2) is 0 Å². The van der Waals surface area contributed by atoms with Gasteiger partial charge in [-0.3, -0.25) is 0 Å². The number of hydrogen-bond donors (Lipinski definition) is 2. The zero-order valence-corrected chi connectivity index (χ0v) is 6.05. The molecule has 2 aliphatic rings. The van der Waals surface area contributed by atoms with Crippen molar-refractivity contribution in [1.29, 1.82) is 0 Å². The SMILES string of the molecule is NCC1(N)CC2CCC1O2. The Balaban J connectivity index is 2.14. The molecule has 58 valence electrons. The molecule has 10 heavy (non-hydrogen) atoms. The highest BCUT2D eigenvalue weighted by Gasteiger charge is 2.48. The minimum atomic E-state index is -0.192. The number of ether oxygens (including phenoxy) is 1. The van der Waals surface area contributed by atoms with Crippen LogP contribution in [-0.4, -0.2) is 24.3 Å². The van der Waals surface area contributed by atoms with Crippen LogP contribution in [0.1, 0.15) is 19.3 Å². The van der Waals surface area contributed by atoms with Crippen molar-refractivity contribution in [2.45, 2.75) is 37.0 Å². The summed E-state index contributed by atoms with van der Waals surface area (Å²) in [7, 11) is 0. The molecular weight excluding hydrogens is 128 g/mol.